The zero-order valence-corrected chi connectivity index (χ0v) is 12.8. The highest BCUT2D eigenvalue weighted by atomic mass is 32.2. The number of amidine groups is 1. The molecular weight excluding hydrogens is 260 g/mol. The second kappa shape index (κ2) is 4.34. The van der Waals surface area contributed by atoms with Crippen molar-refractivity contribution >= 4 is 21.5 Å². The van der Waals surface area contributed by atoms with Gasteiger partial charge in [-0.1, -0.05) is 32.9 Å². The van der Waals surface area contributed by atoms with Crippen LogP contribution in [0.15, 0.2) is 34.2 Å². The molecule has 0 aromatic heterocycles. The summed E-state index contributed by atoms with van der Waals surface area (Å²) in [6, 6.07) is 6.74. The Balaban J connectivity index is 2.77. The molecule has 1 aliphatic rings. The average Bonchev–Trinajstić information content (AvgIpc) is 2.26. The maximum atomic E-state index is 12.7. The fraction of sp³-hybridized carbons (Fsp3) is 0.500. The molecule has 0 saturated heterocycles. The summed E-state index contributed by atoms with van der Waals surface area (Å²) in [7, 11) is -3.51. The molecular formula is C14H20N2O2S. The molecule has 2 rings (SSSR count). The van der Waals surface area contributed by atoms with Crippen molar-refractivity contribution in [3.8, 4) is 0 Å². The standard InChI is InChI=1S/C14H20N2O2S/c1-10(2)16-13(14(3,4)5)15-11-8-6-7-9-12(11)19(16,17)18/h6-10H,1-5H3. The van der Waals surface area contributed by atoms with Crippen LogP contribution in [-0.4, -0.2) is 24.6 Å². The lowest BCUT2D eigenvalue weighted by atomic mass is 9.94. The van der Waals surface area contributed by atoms with Gasteiger partial charge in [0.1, 0.15) is 10.7 Å². The van der Waals surface area contributed by atoms with E-state index in [0.717, 1.165) is 0 Å². The van der Waals surface area contributed by atoms with Crippen LogP contribution in [0, 0.1) is 5.41 Å². The van der Waals surface area contributed by atoms with Crippen molar-refractivity contribution in [2.24, 2.45) is 10.4 Å². The predicted molar refractivity (Wildman–Crippen MR) is 77.2 cm³/mol. The predicted octanol–water partition coefficient (Wildman–Crippen LogP) is 3.18. The Morgan fingerprint density at radius 3 is 2.26 bits per heavy atom. The van der Waals surface area contributed by atoms with Crippen LogP contribution < -0.4 is 0 Å². The second-order valence-electron chi connectivity index (χ2n) is 6.05. The van der Waals surface area contributed by atoms with Gasteiger partial charge in [0.15, 0.2) is 0 Å². The van der Waals surface area contributed by atoms with Gasteiger partial charge >= 0.3 is 0 Å². The summed E-state index contributed by atoms with van der Waals surface area (Å²) in [5, 5.41) is 0. The lowest BCUT2D eigenvalue weighted by molar-refractivity contribution is 0.420. The minimum absolute atomic E-state index is 0.156. The molecule has 0 aliphatic carbocycles. The lowest BCUT2D eigenvalue weighted by Gasteiger charge is -2.38. The van der Waals surface area contributed by atoms with Gasteiger partial charge in [0.2, 0.25) is 0 Å². The van der Waals surface area contributed by atoms with E-state index in [1.807, 2.05) is 40.7 Å². The first kappa shape index (κ1) is 14.1. The van der Waals surface area contributed by atoms with Crippen LogP contribution in [0.1, 0.15) is 34.6 Å². The molecule has 0 unspecified atom stereocenters. The minimum atomic E-state index is -3.51. The van der Waals surface area contributed by atoms with Crippen molar-refractivity contribution in [1.29, 1.82) is 0 Å². The molecule has 5 heteroatoms. The van der Waals surface area contributed by atoms with E-state index in [0.29, 0.717) is 11.5 Å². The van der Waals surface area contributed by atoms with Gasteiger partial charge in [0.05, 0.1) is 5.69 Å². The number of para-hydroxylation sites is 1. The van der Waals surface area contributed by atoms with Crippen LogP contribution in [-0.2, 0) is 10.0 Å². The lowest BCUT2D eigenvalue weighted by Crippen LogP contribution is -2.48. The molecule has 0 saturated carbocycles. The van der Waals surface area contributed by atoms with E-state index in [1.54, 1.807) is 18.2 Å². The van der Waals surface area contributed by atoms with Gasteiger partial charge < -0.3 is 0 Å². The summed E-state index contributed by atoms with van der Waals surface area (Å²) >= 11 is 0. The normalized spacial score (nSPS) is 18.2. The van der Waals surface area contributed by atoms with E-state index in [2.05, 4.69) is 4.99 Å². The average molecular weight is 280 g/mol. The minimum Gasteiger partial charge on any atom is -0.250 e. The molecule has 0 spiro atoms. The van der Waals surface area contributed by atoms with E-state index >= 15 is 0 Å². The topological polar surface area (TPSA) is 49.7 Å². The molecule has 1 aromatic rings. The molecule has 0 fully saturated rings. The number of sulfonamides is 1. The van der Waals surface area contributed by atoms with E-state index in [1.165, 1.54) is 4.31 Å². The largest absolute Gasteiger partial charge is 0.267 e. The van der Waals surface area contributed by atoms with Crippen molar-refractivity contribution in [2.45, 2.75) is 45.6 Å². The Kier molecular flexibility index (Phi) is 3.21. The Bertz CT molecular complexity index is 625. The molecule has 0 radical (unpaired) electrons. The Labute approximate surface area is 115 Å². The van der Waals surface area contributed by atoms with Crippen LogP contribution in [0.4, 0.5) is 5.69 Å². The zero-order chi connectivity index (χ0) is 14.4. The summed E-state index contributed by atoms with van der Waals surface area (Å²) < 4.78 is 26.9. The number of benzene rings is 1. The summed E-state index contributed by atoms with van der Waals surface area (Å²) in [5.41, 5.74) is 0.203. The number of nitrogens with zero attached hydrogens (tertiary/aromatic N) is 2. The van der Waals surface area contributed by atoms with Gasteiger partial charge in [0, 0.05) is 11.5 Å². The maximum absolute atomic E-state index is 12.7. The van der Waals surface area contributed by atoms with Crippen LogP contribution in [0.3, 0.4) is 0 Å². The van der Waals surface area contributed by atoms with Crippen molar-refractivity contribution in [3.63, 3.8) is 0 Å². The van der Waals surface area contributed by atoms with Gasteiger partial charge in [-0.25, -0.2) is 13.4 Å². The van der Waals surface area contributed by atoms with Crippen LogP contribution in [0.5, 0.6) is 0 Å². The third-order valence-corrected chi connectivity index (χ3v) is 4.99. The van der Waals surface area contributed by atoms with Gasteiger partial charge in [-0.3, -0.25) is 4.31 Å². The maximum Gasteiger partial charge on any atom is 0.267 e. The molecule has 4 nitrogen and oxygen atoms in total. The molecule has 0 atom stereocenters. The van der Waals surface area contributed by atoms with Crippen molar-refractivity contribution in [3.05, 3.63) is 24.3 Å². The van der Waals surface area contributed by atoms with E-state index in [9.17, 15) is 8.42 Å². The number of aliphatic imine (C=N–C) groups is 1. The van der Waals surface area contributed by atoms with Crippen molar-refractivity contribution in [1.82, 2.24) is 4.31 Å². The fourth-order valence-corrected chi connectivity index (χ4v) is 4.11. The van der Waals surface area contributed by atoms with Gasteiger partial charge in [-0.2, -0.15) is 0 Å². The van der Waals surface area contributed by atoms with E-state index in [-0.39, 0.29) is 16.4 Å². The number of hydrogen-bond acceptors (Lipinski definition) is 3. The van der Waals surface area contributed by atoms with Gasteiger partial charge in [-0.05, 0) is 26.0 Å². The van der Waals surface area contributed by atoms with Crippen LogP contribution in [0.2, 0.25) is 0 Å². The van der Waals surface area contributed by atoms with Crippen LogP contribution >= 0.6 is 0 Å². The summed E-state index contributed by atoms with van der Waals surface area (Å²) in [5.74, 6) is 0.598. The molecule has 0 N–H and O–H groups in total. The first-order chi connectivity index (χ1) is 8.65. The van der Waals surface area contributed by atoms with E-state index < -0.39 is 10.0 Å². The monoisotopic (exact) mass is 280 g/mol. The molecule has 0 amide bonds. The molecule has 1 heterocycles. The molecule has 1 aromatic carbocycles. The Morgan fingerprint density at radius 2 is 1.74 bits per heavy atom. The molecule has 19 heavy (non-hydrogen) atoms. The molecule has 1 aliphatic heterocycles. The molecule has 0 bridgehead atoms. The first-order valence-corrected chi connectivity index (χ1v) is 7.82. The highest BCUT2D eigenvalue weighted by molar-refractivity contribution is 7.90. The van der Waals surface area contributed by atoms with Gasteiger partial charge in [0.25, 0.3) is 10.0 Å². The number of fused-ring (bicyclic) bond motifs is 1. The fourth-order valence-electron chi connectivity index (χ4n) is 2.17. The SMILES string of the molecule is CC(C)N1C(C(C)(C)C)=Nc2ccccc2S1(=O)=O. The third kappa shape index (κ3) is 2.27. The van der Waals surface area contributed by atoms with E-state index in [4.69, 9.17) is 0 Å². The summed E-state index contributed by atoms with van der Waals surface area (Å²) in [6.45, 7) is 9.67. The number of hydrogen-bond donors (Lipinski definition) is 0. The summed E-state index contributed by atoms with van der Waals surface area (Å²) in [4.78, 5) is 4.87. The molecule has 104 valence electrons. The summed E-state index contributed by atoms with van der Waals surface area (Å²) in [6.07, 6.45) is 0. The van der Waals surface area contributed by atoms with Gasteiger partial charge in [-0.15, -0.1) is 0 Å². The second-order valence-corrected chi connectivity index (χ2v) is 7.83. The van der Waals surface area contributed by atoms with Crippen molar-refractivity contribution in [2.75, 3.05) is 0 Å². The van der Waals surface area contributed by atoms with Crippen molar-refractivity contribution < 1.29 is 8.42 Å². The number of rotatable bonds is 1. The zero-order valence-electron chi connectivity index (χ0n) is 12.0. The first-order valence-electron chi connectivity index (χ1n) is 6.38. The Hall–Kier alpha value is -1.36. The smallest absolute Gasteiger partial charge is 0.250 e. The highest BCUT2D eigenvalue weighted by Gasteiger charge is 2.40. The third-order valence-electron chi connectivity index (χ3n) is 2.98. The quantitative estimate of drug-likeness (QED) is 0.793. The highest BCUT2D eigenvalue weighted by Crippen LogP contribution is 2.37. The Morgan fingerprint density at radius 1 is 1.16 bits per heavy atom. The van der Waals surface area contributed by atoms with Crippen LogP contribution in [0.25, 0.3) is 0 Å².